The van der Waals surface area contributed by atoms with Gasteiger partial charge in [-0.2, -0.15) is 0 Å². The molecule has 0 aromatic rings. The number of hydrogen-bond acceptors (Lipinski definition) is 14. The molecule has 0 aromatic carbocycles. The maximum absolute atomic E-state index is 15.3. The number of amides is 11. The van der Waals surface area contributed by atoms with Gasteiger partial charge in [0.15, 0.2) is 0 Å². The molecule has 7 N–H and O–H groups in total. The van der Waals surface area contributed by atoms with Crippen LogP contribution in [0, 0.1) is 35.5 Å². The van der Waals surface area contributed by atoms with Crippen molar-refractivity contribution in [2.45, 2.75) is 241 Å². The standard InChI is InChI=1S/C65H118N12O13/c1-26-28-29-41(13)53(78)52-57(82)69-44(27-2)59(84)71(18)45(30-31-66)60(85)75(22)49(35-65(16,17)90-25)56(81)70-50(39(9)10)63(88)72(19)46(32-36(3)4)55(80)67-42(14)54(79)68-43(15)58(83)73(20)47(33-37(5)6)61(86)74(21)48(34-38(7)8)62(87)76(23)51(40(11)12)64(89)77(52)24/h26,28,36-53,78H,27,29-35,66H2,1-25H3,(H,67,80)(H,68,79)(H,69,82)(H,70,81)/t41-,42+,43-,44+,45-,46+,47+,48+,49+,50+,51+,52+,53-/m1/s1. The minimum Gasteiger partial charge on any atom is -0.390 e. The lowest BCUT2D eigenvalue weighted by Gasteiger charge is -2.41. The lowest BCUT2D eigenvalue weighted by Crippen LogP contribution is -2.64. The second kappa shape index (κ2) is 36.7. The van der Waals surface area contributed by atoms with E-state index in [-0.39, 0.29) is 69.2 Å². The number of methoxy groups -OCH3 is 1. The normalized spacial score (nSPS) is 27.0. The third-order valence-electron chi connectivity index (χ3n) is 17.4. The molecule has 11 amide bonds. The van der Waals surface area contributed by atoms with E-state index in [0.29, 0.717) is 0 Å². The number of nitrogens with zero attached hydrogens (tertiary/aromatic N) is 7. The molecule has 1 heterocycles. The van der Waals surface area contributed by atoms with Crippen LogP contribution in [0.15, 0.2) is 12.2 Å². The molecule has 0 aliphatic carbocycles. The van der Waals surface area contributed by atoms with Crippen LogP contribution in [0.5, 0.6) is 0 Å². The van der Waals surface area contributed by atoms with Gasteiger partial charge in [0.25, 0.3) is 0 Å². The van der Waals surface area contributed by atoms with Crippen molar-refractivity contribution in [1.82, 2.24) is 55.6 Å². The number of carbonyl (C=O) groups excluding carboxylic acids is 11. The molecule has 0 saturated carbocycles. The molecule has 0 radical (unpaired) electrons. The molecule has 1 saturated heterocycles. The SMILES string of the molecule is CC=CC[C@@H](C)[C@@H](O)[C@H]1C(=O)N[C@@H](CC)C(=O)N(C)[C@H](CCN)C(=O)N(C)[C@@H](CC(C)(C)OC)C(=O)N[C@@H](C(C)C)C(=O)N(C)[C@@H](CC(C)C)C(=O)N[C@@H](C)C(=O)N[C@H](C)C(=O)N(C)[C@@H](CC(C)C)C(=O)N(C)[C@@H](CC(C)C)C(=O)N(C)[C@@H](C(C)C)C(=O)N1C. The molecule has 0 spiro atoms. The monoisotopic (exact) mass is 1270 g/mol. The van der Waals surface area contributed by atoms with Crippen molar-refractivity contribution >= 4 is 65.0 Å². The van der Waals surface area contributed by atoms with Crippen molar-refractivity contribution in [2.24, 2.45) is 41.2 Å². The van der Waals surface area contributed by atoms with Gasteiger partial charge in [-0.05, 0) is 115 Å². The van der Waals surface area contributed by atoms with E-state index in [0.717, 1.165) is 9.80 Å². The van der Waals surface area contributed by atoms with Crippen LogP contribution in [0.1, 0.15) is 163 Å². The number of carbonyl (C=O) groups is 11. The zero-order valence-corrected chi connectivity index (χ0v) is 59.3. The molecule has 1 fully saturated rings. The quantitative estimate of drug-likeness (QED) is 0.108. The zero-order chi connectivity index (χ0) is 69.9. The first-order valence-electron chi connectivity index (χ1n) is 32.2. The van der Waals surface area contributed by atoms with Crippen LogP contribution in [-0.4, -0.2) is 246 Å². The molecule has 90 heavy (non-hydrogen) atoms. The van der Waals surface area contributed by atoms with Crippen LogP contribution in [-0.2, 0) is 57.5 Å². The molecule has 1 aliphatic heterocycles. The fourth-order valence-corrected chi connectivity index (χ4v) is 11.3. The molecule has 0 unspecified atom stereocenters. The summed E-state index contributed by atoms with van der Waals surface area (Å²) in [6, 6.07) is -14.2. The summed E-state index contributed by atoms with van der Waals surface area (Å²) in [5.41, 5.74) is 5.10. The average Bonchev–Trinajstić information content (AvgIpc) is 0.995. The van der Waals surface area contributed by atoms with Crippen molar-refractivity contribution < 1.29 is 62.6 Å². The molecule has 1 aliphatic rings. The summed E-state index contributed by atoms with van der Waals surface area (Å²) >= 11 is 0. The van der Waals surface area contributed by atoms with Gasteiger partial charge in [0.05, 0.1) is 11.7 Å². The second-order valence-corrected chi connectivity index (χ2v) is 27.4. The number of aliphatic hydroxyl groups excluding tert-OH is 1. The Morgan fingerprint density at radius 1 is 0.511 bits per heavy atom. The molecule has 25 heteroatoms. The van der Waals surface area contributed by atoms with Gasteiger partial charge in [-0.1, -0.05) is 95.2 Å². The van der Waals surface area contributed by atoms with E-state index in [9.17, 15) is 33.9 Å². The molecule has 516 valence electrons. The lowest BCUT2D eigenvalue weighted by atomic mass is 9.91. The maximum Gasteiger partial charge on any atom is 0.246 e. The van der Waals surface area contributed by atoms with Gasteiger partial charge in [0, 0.05) is 62.9 Å². The van der Waals surface area contributed by atoms with Crippen molar-refractivity contribution in [3.8, 4) is 0 Å². The third-order valence-corrected chi connectivity index (χ3v) is 17.4. The minimum absolute atomic E-state index is 0.0287. The fourth-order valence-electron chi connectivity index (χ4n) is 11.3. The molecular formula is C65H118N12O13. The van der Waals surface area contributed by atoms with Crippen LogP contribution in [0.4, 0.5) is 0 Å². The van der Waals surface area contributed by atoms with Crippen molar-refractivity contribution in [3.63, 3.8) is 0 Å². The van der Waals surface area contributed by atoms with E-state index in [1.165, 1.54) is 94.8 Å². The third kappa shape index (κ3) is 22.3. The first-order valence-corrected chi connectivity index (χ1v) is 32.2. The summed E-state index contributed by atoms with van der Waals surface area (Å²) < 4.78 is 5.76. The van der Waals surface area contributed by atoms with Crippen LogP contribution in [0.3, 0.4) is 0 Å². The summed E-state index contributed by atoms with van der Waals surface area (Å²) in [7, 11) is 11.3. The van der Waals surface area contributed by atoms with Gasteiger partial charge >= 0.3 is 0 Å². The first kappa shape index (κ1) is 81.8. The van der Waals surface area contributed by atoms with Crippen molar-refractivity contribution in [1.29, 1.82) is 0 Å². The molecule has 1 rings (SSSR count). The molecule has 0 bridgehead atoms. The molecule has 0 aromatic heterocycles. The van der Waals surface area contributed by atoms with Gasteiger partial charge in [-0.25, -0.2) is 0 Å². The van der Waals surface area contributed by atoms with Gasteiger partial charge in [-0.3, -0.25) is 52.7 Å². The Morgan fingerprint density at radius 3 is 1.39 bits per heavy atom. The number of ether oxygens (including phenoxy) is 1. The smallest absolute Gasteiger partial charge is 0.246 e. The fraction of sp³-hybridized carbons (Fsp3) is 0.800. The van der Waals surface area contributed by atoms with E-state index in [2.05, 4.69) is 21.3 Å². The number of aliphatic hydroxyl groups is 1. The van der Waals surface area contributed by atoms with Crippen LogP contribution < -0.4 is 27.0 Å². The van der Waals surface area contributed by atoms with Crippen LogP contribution in [0.2, 0.25) is 0 Å². The Labute approximate surface area is 538 Å². The minimum atomic E-state index is -1.65. The predicted octanol–water partition coefficient (Wildman–Crippen LogP) is 2.76. The Morgan fingerprint density at radius 2 is 0.933 bits per heavy atom. The summed E-state index contributed by atoms with van der Waals surface area (Å²) in [6.45, 7) is 29.3. The lowest BCUT2D eigenvalue weighted by molar-refractivity contribution is -0.157. The summed E-state index contributed by atoms with van der Waals surface area (Å²) in [5.74, 6) is -10.2. The highest BCUT2D eigenvalue weighted by Gasteiger charge is 2.47. The summed E-state index contributed by atoms with van der Waals surface area (Å²) in [6.07, 6.45) is 2.49. The average molecular weight is 1280 g/mol. The number of rotatable bonds is 18. The highest BCUT2D eigenvalue weighted by molar-refractivity contribution is 6.00. The largest absolute Gasteiger partial charge is 0.390 e. The Hall–Kier alpha value is -6.21. The van der Waals surface area contributed by atoms with E-state index >= 15 is 24.0 Å². The number of allylic oxidation sites excluding steroid dienone is 2. The highest BCUT2D eigenvalue weighted by Crippen LogP contribution is 2.27. The Kier molecular flexibility index (Phi) is 33.4. The van der Waals surface area contributed by atoms with Gasteiger partial charge in [0.1, 0.15) is 66.5 Å². The van der Waals surface area contributed by atoms with Gasteiger partial charge < -0.3 is 71.1 Å². The highest BCUT2D eigenvalue weighted by atomic mass is 16.5. The van der Waals surface area contributed by atoms with Crippen molar-refractivity contribution in [3.05, 3.63) is 12.2 Å². The van der Waals surface area contributed by atoms with E-state index in [4.69, 9.17) is 10.5 Å². The zero-order valence-electron chi connectivity index (χ0n) is 59.3. The van der Waals surface area contributed by atoms with Crippen molar-refractivity contribution in [2.75, 3.05) is 63.0 Å². The van der Waals surface area contributed by atoms with Gasteiger partial charge in [-0.15, -0.1) is 0 Å². The molecular weight excluding hydrogens is 1160 g/mol. The van der Waals surface area contributed by atoms with E-state index in [1.807, 2.05) is 41.5 Å². The van der Waals surface area contributed by atoms with Gasteiger partial charge in [0.2, 0.25) is 65.0 Å². The number of nitrogens with two attached hydrogens (primary N) is 1. The van der Waals surface area contributed by atoms with Crippen LogP contribution in [0.25, 0.3) is 0 Å². The Bertz CT molecular complexity index is 2470. The first-order chi connectivity index (χ1) is 41.5. The van der Waals surface area contributed by atoms with Crippen LogP contribution >= 0.6 is 0 Å². The predicted molar refractivity (Wildman–Crippen MR) is 347 cm³/mol. The number of likely N-dealkylation sites (N-methyl/N-ethyl adjacent to an activating group) is 7. The van der Waals surface area contributed by atoms with E-state index in [1.54, 1.807) is 74.5 Å². The molecule has 25 nitrogen and oxygen atoms in total. The maximum atomic E-state index is 15.3. The summed E-state index contributed by atoms with van der Waals surface area (Å²) in [5, 5.41) is 23.2. The van der Waals surface area contributed by atoms with E-state index < -0.39 is 161 Å². The second-order valence-electron chi connectivity index (χ2n) is 27.4. The topological polar surface area (TPSA) is 314 Å². The Balaban J connectivity index is 4.51. The summed E-state index contributed by atoms with van der Waals surface area (Å²) in [4.78, 5) is 171. The number of hydrogen-bond donors (Lipinski definition) is 6. The molecule has 13 atom stereocenters. The number of nitrogens with one attached hydrogen (secondary N) is 4.